The molecule has 1 rings (SSSR count). The quantitative estimate of drug-likeness (QED) is 0.803. The Balaban J connectivity index is 2.42. The standard InChI is InChI=1S/C14H27NO2/c1-4-5-12-6-7-13(16)15(10-8-12)11-9-14(2,3)17/h12,17H,4-11H2,1-3H3. The highest BCUT2D eigenvalue weighted by Gasteiger charge is 2.23. The molecule has 1 saturated heterocycles. The first-order chi connectivity index (χ1) is 7.92. The van der Waals surface area contributed by atoms with Gasteiger partial charge in [-0.25, -0.2) is 0 Å². The predicted molar refractivity (Wildman–Crippen MR) is 69.7 cm³/mol. The molecule has 1 N–H and O–H groups in total. The first-order valence-corrected chi connectivity index (χ1v) is 6.92. The fourth-order valence-corrected chi connectivity index (χ4v) is 2.44. The average molecular weight is 241 g/mol. The summed E-state index contributed by atoms with van der Waals surface area (Å²) < 4.78 is 0. The second-order valence-electron chi connectivity index (χ2n) is 5.93. The van der Waals surface area contributed by atoms with Gasteiger partial charge in [-0.2, -0.15) is 0 Å². The van der Waals surface area contributed by atoms with Crippen molar-refractivity contribution < 1.29 is 9.90 Å². The molecule has 1 amide bonds. The molecule has 0 aliphatic carbocycles. The first kappa shape index (κ1) is 14.5. The van der Waals surface area contributed by atoms with E-state index in [4.69, 9.17) is 0 Å². The van der Waals surface area contributed by atoms with Crippen LogP contribution in [0.5, 0.6) is 0 Å². The van der Waals surface area contributed by atoms with Crippen LogP contribution in [0.15, 0.2) is 0 Å². The highest BCUT2D eigenvalue weighted by atomic mass is 16.3. The number of nitrogens with zero attached hydrogens (tertiary/aromatic N) is 1. The van der Waals surface area contributed by atoms with Crippen molar-refractivity contribution in [2.24, 2.45) is 5.92 Å². The molecule has 0 aromatic heterocycles. The van der Waals surface area contributed by atoms with E-state index in [1.165, 1.54) is 12.8 Å². The molecule has 3 heteroatoms. The predicted octanol–water partition coefficient (Wildman–Crippen LogP) is 2.58. The van der Waals surface area contributed by atoms with Gasteiger partial charge < -0.3 is 10.0 Å². The number of amides is 1. The average Bonchev–Trinajstić information content (AvgIpc) is 2.39. The summed E-state index contributed by atoms with van der Waals surface area (Å²) in [6.45, 7) is 7.38. The van der Waals surface area contributed by atoms with Crippen LogP contribution in [0, 0.1) is 5.92 Å². The second-order valence-corrected chi connectivity index (χ2v) is 5.93. The van der Waals surface area contributed by atoms with Crippen molar-refractivity contribution in [3.63, 3.8) is 0 Å². The minimum atomic E-state index is -0.671. The summed E-state index contributed by atoms with van der Waals surface area (Å²) in [4.78, 5) is 13.9. The van der Waals surface area contributed by atoms with Gasteiger partial charge in [0.25, 0.3) is 0 Å². The Kier molecular flexibility index (Phi) is 5.44. The van der Waals surface area contributed by atoms with Gasteiger partial charge in [-0.3, -0.25) is 4.79 Å². The fourth-order valence-electron chi connectivity index (χ4n) is 2.44. The summed E-state index contributed by atoms with van der Waals surface area (Å²) >= 11 is 0. The van der Waals surface area contributed by atoms with Gasteiger partial charge in [-0.05, 0) is 39.0 Å². The van der Waals surface area contributed by atoms with E-state index >= 15 is 0 Å². The van der Waals surface area contributed by atoms with Gasteiger partial charge in [0.2, 0.25) is 5.91 Å². The largest absolute Gasteiger partial charge is 0.390 e. The van der Waals surface area contributed by atoms with E-state index < -0.39 is 5.60 Å². The Morgan fingerprint density at radius 1 is 1.41 bits per heavy atom. The molecule has 0 aromatic rings. The molecule has 1 heterocycles. The maximum atomic E-state index is 11.9. The van der Waals surface area contributed by atoms with Crippen molar-refractivity contribution in [2.75, 3.05) is 13.1 Å². The third-order valence-electron chi connectivity index (χ3n) is 3.62. The molecule has 1 fully saturated rings. The van der Waals surface area contributed by atoms with Crippen LogP contribution in [0.3, 0.4) is 0 Å². The smallest absolute Gasteiger partial charge is 0.222 e. The summed E-state index contributed by atoms with van der Waals surface area (Å²) in [5, 5.41) is 9.70. The molecular formula is C14H27NO2. The zero-order valence-corrected chi connectivity index (χ0v) is 11.5. The maximum absolute atomic E-state index is 11.9. The molecular weight excluding hydrogens is 214 g/mol. The minimum Gasteiger partial charge on any atom is -0.390 e. The monoisotopic (exact) mass is 241 g/mol. The van der Waals surface area contributed by atoms with Crippen molar-refractivity contribution in [1.29, 1.82) is 0 Å². The Hall–Kier alpha value is -0.570. The van der Waals surface area contributed by atoms with Crippen LogP contribution >= 0.6 is 0 Å². The van der Waals surface area contributed by atoms with E-state index in [2.05, 4.69) is 6.92 Å². The number of likely N-dealkylation sites (tertiary alicyclic amines) is 1. The molecule has 1 aliphatic heterocycles. The maximum Gasteiger partial charge on any atom is 0.222 e. The van der Waals surface area contributed by atoms with E-state index in [0.29, 0.717) is 19.4 Å². The fraction of sp³-hybridized carbons (Fsp3) is 0.929. The zero-order valence-electron chi connectivity index (χ0n) is 11.5. The number of hydrogen-bond donors (Lipinski definition) is 1. The normalized spacial score (nSPS) is 22.7. The van der Waals surface area contributed by atoms with Crippen LogP contribution in [0.25, 0.3) is 0 Å². The first-order valence-electron chi connectivity index (χ1n) is 6.92. The summed E-state index contributed by atoms with van der Waals surface area (Å²) in [5.74, 6) is 0.990. The van der Waals surface area contributed by atoms with Crippen molar-refractivity contribution in [1.82, 2.24) is 4.90 Å². The Labute approximate surface area is 105 Å². The molecule has 17 heavy (non-hydrogen) atoms. The summed E-state index contributed by atoms with van der Waals surface area (Å²) in [6.07, 6.45) is 5.99. The van der Waals surface area contributed by atoms with Crippen LogP contribution in [0.4, 0.5) is 0 Å². The number of rotatable bonds is 5. The van der Waals surface area contributed by atoms with Gasteiger partial charge in [0.15, 0.2) is 0 Å². The number of hydrogen-bond acceptors (Lipinski definition) is 2. The molecule has 1 aliphatic rings. The Bertz CT molecular complexity index is 245. The van der Waals surface area contributed by atoms with Crippen molar-refractivity contribution >= 4 is 5.91 Å². The molecule has 0 spiro atoms. The second kappa shape index (κ2) is 6.39. The van der Waals surface area contributed by atoms with Crippen LogP contribution in [0.1, 0.15) is 59.3 Å². The Morgan fingerprint density at radius 3 is 2.71 bits per heavy atom. The molecule has 0 aromatic carbocycles. The number of aliphatic hydroxyl groups is 1. The summed E-state index contributed by atoms with van der Waals surface area (Å²) in [7, 11) is 0. The van der Waals surface area contributed by atoms with E-state index in [1.807, 2.05) is 4.90 Å². The van der Waals surface area contributed by atoms with E-state index in [1.54, 1.807) is 13.8 Å². The molecule has 1 unspecified atom stereocenters. The molecule has 100 valence electrons. The summed E-state index contributed by atoms with van der Waals surface area (Å²) in [6, 6.07) is 0. The van der Waals surface area contributed by atoms with Crippen LogP contribution < -0.4 is 0 Å². The molecule has 3 nitrogen and oxygen atoms in total. The highest BCUT2D eigenvalue weighted by Crippen LogP contribution is 2.23. The third kappa shape index (κ3) is 5.53. The van der Waals surface area contributed by atoms with Crippen LogP contribution in [0.2, 0.25) is 0 Å². The van der Waals surface area contributed by atoms with E-state index in [0.717, 1.165) is 25.3 Å². The molecule has 0 saturated carbocycles. The molecule has 0 bridgehead atoms. The lowest BCUT2D eigenvalue weighted by Crippen LogP contribution is -2.35. The molecule has 0 radical (unpaired) electrons. The van der Waals surface area contributed by atoms with E-state index in [-0.39, 0.29) is 5.91 Å². The van der Waals surface area contributed by atoms with Crippen molar-refractivity contribution in [3.05, 3.63) is 0 Å². The lowest BCUT2D eigenvalue weighted by molar-refractivity contribution is -0.131. The van der Waals surface area contributed by atoms with Crippen molar-refractivity contribution in [2.45, 2.75) is 64.9 Å². The van der Waals surface area contributed by atoms with Gasteiger partial charge in [0.05, 0.1) is 5.60 Å². The van der Waals surface area contributed by atoms with Gasteiger partial charge >= 0.3 is 0 Å². The van der Waals surface area contributed by atoms with Gasteiger partial charge in [0.1, 0.15) is 0 Å². The van der Waals surface area contributed by atoms with Crippen LogP contribution in [-0.4, -0.2) is 34.6 Å². The topological polar surface area (TPSA) is 40.5 Å². The lowest BCUT2D eigenvalue weighted by atomic mass is 9.96. The Morgan fingerprint density at radius 2 is 2.12 bits per heavy atom. The summed E-state index contributed by atoms with van der Waals surface area (Å²) in [5.41, 5.74) is -0.671. The lowest BCUT2D eigenvalue weighted by Gasteiger charge is -2.25. The number of carbonyl (C=O) groups is 1. The van der Waals surface area contributed by atoms with Gasteiger partial charge in [0, 0.05) is 19.5 Å². The van der Waals surface area contributed by atoms with Gasteiger partial charge in [-0.1, -0.05) is 19.8 Å². The van der Waals surface area contributed by atoms with Crippen LogP contribution in [-0.2, 0) is 4.79 Å². The molecule has 1 atom stereocenters. The minimum absolute atomic E-state index is 0.271. The zero-order chi connectivity index (χ0) is 12.9. The van der Waals surface area contributed by atoms with Gasteiger partial charge in [-0.15, -0.1) is 0 Å². The van der Waals surface area contributed by atoms with E-state index in [9.17, 15) is 9.90 Å². The SMILES string of the molecule is CCCC1CCC(=O)N(CCC(C)(C)O)CC1. The third-order valence-corrected chi connectivity index (χ3v) is 3.62. The van der Waals surface area contributed by atoms with Crippen molar-refractivity contribution in [3.8, 4) is 0 Å². The highest BCUT2D eigenvalue weighted by molar-refractivity contribution is 5.76. The number of carbonyl (C=O) groups excluding carboxylic acids is 1.